The lowest BCUT2D eigenvalue weighted by atomic mass is 10.0. The summed E-state index contributed by atoms with van der Waals surface area (Å²) < 4.78 is 6.35. The molecule has 1 N–H and O–H groups in total. The van der Waals surface area contributed by atoms with Crippen LogP contribution in [-0.4, -0.2) is 59.2 Å². The van der Waals surface area contributed by atoms with Crippen molar-refractivity contribution in [1.29, 1.82) is 0 Å². The average Bonchev–Trinajstić information content (AvgIpc) is 2.49. The van der Waals surface area contributed by atoms with Crippen molar-refractivity contribution in [1.82, 2.24) is 9.80 Å². The Hall–Kier alpha value is -1.47. The molecule has 22 heavy (non-hydrogen) atoms. The molecule has 3 rings (SSSR count). The van der Waals surface area contributed by atoms with E-state index < -0.39 is 6.09 Å². The second-order valence-corrected chi connectivity index (χ2v) is 6.49. The molecule has 1 saturated heterocycles. The minimum Gasteiger partial charge on any atom is -0.491 e. The minimum absolute atomic E-state index is 0.167. The first-order valence-corrected chi connectivity index (χ1v) is 8.05. The van der Waals surface area contributed by atoms with Crippen molar-refractivity contribution in [2.45, 2.75) is 12.5 Å². The van der Waals surface area contributed by atoms with Crippen LogP contribution in [0.25, 0.3) is 0 Å². The molecule has 2 aliphatic rings. The van der Waals surface area contributed by atoms with Gasteiger partial charge < -0.3 is 19.6 Å². The zero-order chi connectivity index (χ0) is 15.9. The lowest BCUT2D eigenvalue weighted by Gasteiger charge is -2.41. The predicted octanol–water partition coefficient (Wildman–Crippen LogP) is 2.69. The van der Waals surface area contributed by atoms with Crippen molar-refractivity contribution in [2.24, 2.45) is 0 Å². The van der Waals surface area contributed by atoms with E-state index >= 15 is 0 Å². The van der Waals surface area contributed by atoms with Gasteiger partial charge >= 0.3 is 6.09 Å². The standard InChI is InChI=1S/C14H14BrClN2O4/c15-10-2-1-9-12(11(10)16)22-6-3-8-7-17(14(20)21)4-5-18(8)13(9)19/h1-2,8H,3-7H2,(H,20,21)/t8-/m0/s1. The highest BCUT2D eigenvalue weighted by Crippen LogP contribution is 2.37. The average molecular weight is 390 g/mol. The molecule has 0 unspecified atom stereocenters. The fourth-order valence-corrected chi connectivity index (χ4v) is 3.37. The molecule has 0 saturated carbocycles. The number of benzene rings is 1. The Kier molecular flexibility index (Phi) is 4.18. The van der Waals surface area contributed by atoms with Crippen molar-refractivity contribution in [2.75, 3.05) is 26.2 Å². The first-order chi connectivity index (χ1) is 10.5. The molecule has 0 spiro atoms. The van der Waals surface area contributed by atoms with E-state index in [-0.39, 0.29) is 11.9 Å². The monoisotopic (exact) mass is 388 g/mol. The van der Waals surface area contributed by atoms with Crippen molar-refractivity contribution in [3.8, 4) is 5.75 Å². The normalized spacial score (nSPS) is 21.4. The number of carboxylic acid groups (broad SMARTS) is 1. The van der Waals surface area contributed by atoms with Crippen LogP contribution in [0.4, 0.5) is 4.79 Å². The molecule has 1 atom stereocenters. The third-order valence-corrected chi connectivity index (χ3v) is 5.26. The maximum absolute atomic E-state index is 12.8. The predicted molar refractivity (Wildman–Crippen MR) is 83.7 cm³/mol. The Morgan fingerprint density at radius 3 is 2.91 bits per heavy atom. The molecule has 2 amide bonds. The Morgan fingerprint density at radius 1 is 1.41 bits per heavy atom. The summed E-state index contributed by atoms with van der Waals surface area (Å²) in [4.78, 5) is 26.9. The van der Waals surface area contributed by atoms with Crippen LogP contribution < -0.4 is 4.74 Å². The number of piperazine rings is 1. The third kappa shape index (κ3) is 2.63. The van der Waals surface area contributed by atoms with E-state index in [0.29, 0.717) is 53.5 Å². The molecule has 0 bridgehead atoms. The van der Waals surface area contributed by atoms with Crippen LogP contribution in [0.5, 0.6) is 5.75 Å². The van der Waals surface area contributed by atoms with Gasteiger partial charge in [-0.05, 0) is 28.1 Å². The first-order valence-electron chi connectivity index (χ1n) is 6.88. The van der Waals surface area contributed by atoms with Gasteiger partial charge in [-0.2, -0.15) is 0 Å². The molecule has 1 aromatic rings. The van der Waals surface area contributed by atoms with Crippen molar-refractivity contribution in [3.05, 3.63) is 27.2 Å². The fourth-order valence-electron chi connectivity index (χ4n) is 2.84. The van der Waals surface area contributed by atoms with Crippen LogP contribution in [0.15, 0.2) is 16.6 Å². The number of ether oxygens (including phenoxy) is 1. The van der Waals surface area contributed by atoms with Gasteiger partial charge in [-0.3, -0.25) is 4.79 Å². The highest BCUT2D eigenvalue weighted by Gasteiger charge is 2.35. The van der Waals surface area contributed by atoms with Gasteiger partial charge in [0.15, 0.2) is 5.75 Å². The SMILES string of the molecule is O=C(O)N1CCN2C(=O)c3ccc(Br)c(Cl)c3OCC[C@H]2C1. The molecule has 6 nitrogen and oxygen atoms in total. The molecule has 2 aliphatic heterocycles. The number of rotatable bonds is 0. The summed E-state index contributed by atoms with van der Waals surface area (Å²) >= 11 is 9.54. The molecular formula is C14H14BrClN2O4. The van der Waals surface area contributed by atoms with Gasteiger partial charge in [0.2, 0.25) is 0 Å². The minimum atomic E-state index is -0.956. The molecule has 1 fully saturated rings. The van der Waals surface area contributed by atoms with Gasteiger partial charge in [0.1, 0.15) is 0 Å². The molecule has 1 aromatic carbocycles. The van der Waals surface area contributed by atoms with Crippen LogP contribution in [0, 0.1) is 0 Å². The number of carbonyl (C=O) groups is 2. The molecule has 2 heterocycles. The number of amides is 2. The van der Waals surface area contributed by atoms with E-state index in [1.807, 2.05) is 0 Å². The van der Waals surface area contributed by atoms with Gasteiger partial charge in [-0.1, -0.05) is 11.6 Å². The highest BCUT2D eigenvalue weighted by molar-refractivity contribution is 9.10. The van der Waals surface area contributed by atoms with Gasteiger partial charge in [-0.15, -0.1) is 0 Å². The van der Waals surface area contributed by atoms with E-state index in [1.54, 1.807) is 17.0 Å². The lowest BCUT2D eigenvalue weighted by molar-refractivity contribution is 0.0374. The van der Waals surface area contributed by atoms with E-state index in [1.165, 1.54) is 4.90 Å². The molecule has 0 aliphatic carbocycles. The van der Waals surface area contributed by atoms with E-state index in [0.717, 1.165) is 0 Å². The number of hydrogen-bond donors (Lipinski definition) is 1. The number of nitrogens with zero attached hydrogens (tertiary/aromatic N) is 2. The maximum atomic E-state index is 12.8. The summed E-state index contributed by atoms with van der Waals surface area (Å²) in [6, 6.07) is 3.22. The number of hydrogen-bond acceptors (Lipinski definition) is 3. The third-order valence-electron chi connectivity index (χ3n) is 3.99. The number of fused-ring (bicyclic) bond motifs is 2. The quantitative estimate of drug-likeness (QED) is 0.741. The van der Waals surface area contributed by atoms with E-state index in [9.17, 15) is 9.59 Å². The highest BCUT2D eigenvalue weighted by atomic mass is 79.9. The zero-order valence-corrected chi connectivity index (χ0v) is 13.9. The van der Waals surface area contributed by atoms with Crippen LogP contribution in [0.3, 0.4) is 0 Å². The summed E-state index contributed by atoms with van der Waals surface area (Å²) in [5.74, 6) is 0.222. The summed E-state index contributed by atoms with van der Waals surface area (Å²) in [5, 5.41) is 9.50. The molecule has 118 valence electrons. The first kappa shape index (κ1) is 15.4. The number of carbonyl (C=O) groups excluding carboxylic acids is 1. The summed E-state index contributed by atoms with van der Waals surface area (Å²) in [5.41, 5.74) is 0.418. The lowest BCUT2D eigenvalue weighted by Crippen LogP contribution is -2.57. The van der Waals surface area contributed by atoms with Crippen LogP contribution >= 0.6 is 27.5 Å². The second-order valence-electron chi connectivity index (χ2n) is 5.26. The maximum Gasteiger partial charge on any atom is 0.407 e. The Morgan fingerprint density at radius 2 is 2.18 bits per heavy atom. The van der Waals surface area contributed by atoms with Crippen molar-refractivity contribution in [3.63, 3.8) is 0 Å². The molecule has 0 aromatic heterocycles. The molecular weight excluding hydrogens is 376 g/mol. The van der Waals surface area contributed by atoms with Gasteiger partial charge in [0, 0.05) is 30.5 Å². The van der Waals surface area contributed by atoms with E-state index in [4.69, 9.17) is 21.4 Å². The molecule has 8 heteroatoms. The Bertz CT molecular complexity index is 640. The molecule has 0 radical (unpaired) electrons. The van der Waals surface area contributed by atoms with Crippen LogP contribution in [0.2, 0.25) is 5.02 Å². The summed E-state index contributed by atoms with van der Waals surface area (Å²) in [6.07, 6.45) is -0.389. The summed E-state index contributed by atoms with van der Waals surface area (Å²) in [7, 11) is 0. The number of halogens is 2. The van der Waals surface area contributed by atoms with E-state index in [2.05, 4.69) is 15.9 Å². The smallest absolute Gasteiger partial charge is 0.407 e. The van der Waals surface area contributed by atoms with Crippen molar-refractivity contribution < 1.29 is 19.4 Å². The largest absolute Gasteiger partial charge is 0.491 e. The van der Waals surface area contributed by atoms with Crippen LogP contribution in [-0.2, 0) is 0 Å². The van der Waals surface area contributed by atoms with Gasteiger partial charge in [0.25, 0.3) is 5.91 Å². The van der Waals surface area contributed by atoms with Gasteiger partial charge in [-0.25, -0.2) is 4.79 Å². The Labute approximate surface area is 140 Å². The zero-order valence-electron chi connectivity index (χ0n) is 11.6. The van der Waals surface area contributed by atoms with Gasteiger partial charge in [0.05, 0.1) is 23.2 Å². The van der Waals surface area contributed by atoms with Crippen LogP contribution in [0.1, 0.15) is 16.8 Å². The summed E-state index contributed by atoms with van der Waals surface area (Å²) in [6.45, 7) is 1.38. The second kappa shape index (κ2) is 5.96. The van der Waals surface area contributed by atoms with Crippen molar-refractivity contribution >= 4 is 39.5 Å². The Balaban J connectivity index is 1.93. The topological polar surface area (TPSA) is 70.1 Å². The fraction of sp³-hybridized carbons (Fsp3) is 0.429.